The fourth-order valence-electron chi connectivity index (χ4n) is 3.89. The van der Waals surface area contributed by atoms with Crippen LogP contribution in [0, 0.1) is 0 Å². The van der Waals surface area contributed by atoms with E-state index < -0.39 is 0 Å². The normalized spacial score (nSPS) is 19.4. The van der Waals surface area contributed by atoms with Crippen molar-refractivity contribution < 1.29 is 0 Å². The second kappa shape index (κ2) is 4.83. The van der Waals surface area contributed by atoms with Crippen LogP contribution in [0.15, 0.2) is 48.7 Å². The van der Waals surface area contributed by atoms with Crippen molar-refractivity contribution in [3.8, 4) is 5.00 Å². The van der Waals surface area contributed by atoms with Gasteiger partial charge < -0.3 is 9.88 Å². The van der Waals surface area contributed by atoms with E-state index in [1.807, 2.05) is 11.3 Å². The fourth-order valence-corrected chi connectivity index (χ4v) is 5.30. The van der Waals surface area contributed by atoms with Gasteiger partial charge in [0.1, 0.15) is 5.00 Å². The first kappa shape index (κ1) is 12.7. The van der Waals surface area contributed by atoms with Crippen LogP contribution in [0.25, 0.3) is 5.00 Å². The molecule has 5 rings (SSSR count). The number of aryl methyl sites for hydroxylation is 1. The van der Waals surface area contributed by atoms with Gasteiger partial charge in [0.15, 0.2) is 0 Å². The van der Waals surface area contributed by atoms with Gasteiger partial charge in [0, 0.05) is 28.9 Å². The molecule has 1 unspecified atom stereocenters. The Morgan fingerprint density at radius 1 is 1.00 bits per heavy atom. The lowest BCUT2D eigenvalue weighted by molar-refractivity contribution is 0.599. The van der Waals surface area contributed by atoms with Gasteiger partial charge in [0.2, 0.25) is 0 Å². The lowest BCUT2D eigenvalue weighted by Crippen LogP contribution is -2.21. The van der Waals surface area contributed by atoms with Crippen molar-refractivity contribution in [3.63, 3.8) is 0 Å². The van der Waals surface area contributed by atoms with E-state index in [2.05, 4.69) is 58.5 Å². The van der Waals surface area contributed by atoms with Crippen molar-refractivity contribution in [2.75, 3.05) is 0 Å². The molecule has 3 heteroatoms. The van der Waals surface area contributed by atoms with Gasteiger partial charge in [-0.15, -0.1) is 11.3 Å². The van der Waals surface area contributed by atoms with Crippen LogP contribution in [-0.2, 0) is 19.4 Å². The molecule has 2 nitrogen and oxygen atoms in total. The van der Waals surface area contributed by atoms with E-state index in [0.717, 1.165) is 6.54 Å². The summed E-state index contributed by atoms with van der Waals surface area (Å²) in [6.07, 6.45) is 6.08. The second-order valence-corrected chi connectivity index (χ2v) is 7.25. The van der Waals surface area contributed by atoms with E-state index >= 15 is 0 Å². The Morgan fingerprint density at radius 3 is 2.82 bits per heavy atom. The summed E-state index contributed by atoms with van der Waals surface area (Å²) >= 11 is 2.01. The Balaban J connectivity index is 1.68. The van der Waals surface area contributed by atoms with E-state index in [9.17, 15) is 0 Å². The Labute approximate surface area is 134 Å². The lowest BCUT2D eigenvalue weighted by Gasteiger charge is -2.18. The summed E-state index contributed by atoms with van der Waals surface area (Å²) in [7, 11) is 0. The average Bonchev–Trinajstić information content (AvgIpc) is 3.23. The standard InChI is InChI=1S/C19H18N2S/c1-2-6-13(7-3-1)18-16-9-5-11-21(16)19-15(12-20-18)14-8-4-10-17(14)22-19/h1-3,5-7,9,11,18,20H,4,8,10,12H2. The van der Waals surface area contributed by atoms with E-state index in [4.69, 9.17) is 0 Å². The summed E-state index contributed by atoms with van der Waals surface area (Å²) in [6.45, 7) is 0.975. The molecule has 1 aliphatic heterocycles. The van der Waals surface area contributed by atoms with Crippen molar-refractivity contribution >= 4 is 11.3 Å². The predicted molar refractivity (Wildman–Crippen MR) is 90.8 cm³/mol. The van der Waals surface area contributed by atoms with Crippen LogP contribution < -0.4 is 5.32 Å². The molecule has 2 aliphatic rings. The van der Waals surface area contributed by atoms with Gasteiger partial charge in [-0.2, -0.15) is 0 Å². The predicted octanol–water partition coefficient (Wildman–Crippen LogP) is 4.22. The number of nitrogens with one attached hydrogen (secondary N) is 1. The quantitative estimate of drug-likeness (QED) is 0.712. The summed E-state index contributed by atoms with van der Waals surface area (Å²) in [5, 5.41) is 5.24. The molecule has 3 aromatic rings. The maximum atomic E-state index is 3.80. The number of benzene rings is 1. The summed E-state index contributed by atoms with van der Waals surface area (Å²) in [6, 6.07) is 15.5. The Bertz CT molecular complexity index is 828. The molecular formula is C19H18N2S. The minimum atomic E-state index is 0.271. The number of hydrogen-bond acceptors (Lipinski definition) is 2. The number of aromatic nitrogens is 1. The maximum Gasteiger partial charge on any atom is 0.104 e. The van der Waals surface area contributed by atoms with Crippen LogP contribution in [-0.4, -0.2) is 4.57 Å². The number of nitrogens with zero attached hydrogens (tertiary/aromatic N) is 1. The molecular weight excluding hydrogens is 288 g/mol. The maximum absolute atomic E-state index is 3.80. The van der Waals surface area contributed by atoms with Crippen LogP contribution in [0.5, 0.6) is 0 Å². The van der Waals surface area contributed by atoms with E-state index in [1.54, 1.807) is 10.4 Å². The largest absolute Gasteiger partial charge is 0.310 e. The zero-order valence-corrected chi connectivity index (χ0v) is 13.2. The van der Waals surface area contributed by atoms with Crippen molar-refractivity contribution in [1.29, 1.82) is 0 Å². The topological polar surface area (TPSA) is 17.0 Å². The highest BCUT2D eigenvalue weighted by Gasteiger charge is 2.28. The second-order valence-electron chi connectivity index (χ2n) is 6.17. The lowest BCUT2D eigenvalue weighted by atomic mass is 10.0. The number of rotatable bonds is 1. The van der Waals surface area contributed by atoms with Crippen LogP contribution in [0.2, 0.25) is 0 Å². The van der Waals surface area contributed by atoms with E-state index in [1.165, 1.54) is 41.1 Å². The molecule has 1 atom stereocenters. The Morgan fingerprint density at radius 2 is 1.91 bits per heavy atom. The first-order chi connectivity index (χ1) is 10.9. The Kier molecular flexibility index (Phi) is 2.79. The van der Waals surface area contributed by atoms with Crippen LogP contribution in [0.3, 0.4) is 0 Å². The molecule has 0 spiro atoms. The summed E-state index contributed by atoms with van der Waals surface area (Å²) < 4.78 is 2.41. The third-order valence-electron chi connectivity index (χ3n) is 4.92. The summed E-state index contributed by atoms with van der Waals surface area (Å²) in [5.41, 5.74) is 5.85. The molecule has 0 radical (unpaired) electrons. The van der Waals surface area contributed by atoms with Crippen LogP contribution in [0.4, 0.5) is 0 Å². The first-order valence-electron chi connectivity index (χ1n) is 8.01. The third kappa shape index (κ3) is 1.76. The zero-order valence-electron chi connectivity index (χ0n) is 12.4. The number of fused-ring (bicyclic) bond motifs is 5. The van der Waals surface area contributed by atoms with Gasteiger partial charge in [-0.25, -0.2) is 0 Å². The molecule has 2 aromatic heterocycles. The Hall–Kier alpha value is -1.84. The highest BCUT2D eigenvalue weighted by molar-refractivity contribution is 7.15. The average molecular weight is 306 g/mol. The number of thiophene rings is 1. The highest BCUT2D eigenvalue weighted by atomic mass is 32.1. The zero-order chi connectivity index (χ0) is 14.5. The molecule has 110 valence electrons. The highest BCUT2D eigenvalue weighted by Crippen LogP contribution is 2.41. The van der Waals surface area contributed by atoms with Crippen molar-refractivity contribution in [2.24, 2.45) is 0 Å². The molecule has 0 fully saturated rings. The molecule has 1 N–H and O–H groups in total. The molecule has 22 heavy (non-hydrogen) atoms. The molecule has 0 bridgehead atoms. The summed E-state index contributed by atoms with van der Waals surface area (Å²) in [4.78, 5) is 1.62. The van der Waals surface area contributed by atoms with Gasteiger partial charge >= 0.3 is 0 Å². The van der Waals surface area contributed by atoms with Gasteiger partial charge in [-0.3, -0.25) is 0 Å². The fraction of sp³-hybridized carbons (Fsp3) is 0.263. The van der Waals surface area contributed by atoms with Crippen molar-refractivity contribution in [3.05, 3.63) is 75.9 Å². The van der Waals surface area contributed by atoms with Crippen LogP contribution >= 0.6 is 11.3 Å². The first-order valence-corrected chi connectivity index (χ1v) is 8.83. The third-order valence-corrected chi connectivity index (χ3v) is 6.25. The van der Waals surface area contributed by atoms with Gasteiger partial charge in [-0.1, -0.05) is 30.3 Å². The van der Waals surface area contributed by atoms with Crippen molar-refractivity contribution in [1.82, 2.24) is 9.88 Å². The van der Waals surface area contributed by atoms with E-state index in [0.29, 0.717) is 0 Å². The molecule has 3 heterocycles. The van der Waals surface area contributed by atoms with Crippen molar-refractivity contribution in [2.45, 2.75) is 31.8 Å². The molecule has 1 aromatic carbocycles. The smallest absolute Gasteiger partial charge is 0.104 e. The van der Waals surface area contributed by atoms with Gasteiger partial charge in [-0.05, 0) is 42.5 Å². The molecule has 1 aliphatic carbocycles. The molecule has 0 amide bonds. The number of hydrogen-bond donors (Lipinski definition) is 1. The van der Waals surface area contributed by atoms with Gasteiger partial charge in [0.05, 0.1) is 6.04 Å². The summed E-state index contributed by atoms with van der Waals surface area (Å²) in [5.74, 6) is 0. The van der Waals surface area contributed by atoms with E-state index in [-0.39, 0.29) is 6.04 Å². The molecule has 0 saturated heterocycles. The van der Waals surface area contributed by atoms with Crippen LogP contribution in [0.1, 0.15) is 39.7 Å². The minimum absolute atomic E-state index is 0.271. The minimum Gasteiger partial charge on any atom is -0.310 e. The SMILES string of the molecule is c1ccc(C2NCc3c(sc4c3CCC4)-n3cccc32)cc1. The molecule has 0 saturated carbocycles. The van der Waals surface area contributed by atoms with Gasteiger partial charge in [0.25, 0.3) is 0 Å². The monoisotopic (exact) mass is 306 g/mol.